The molecular formula is C60H38N4. The quantitative estimate of drug-likeness (QED) is 0.159. The number of hydrogen-bond donors (Lipinski definition) is 0. The first-order valence-electron chi connectivity index (χ1n) is 22.0. The van der Waals surface area contributed by atoms with Crippen LogP contribution in [0.4, 0.5) is 0 Å². The van der Waals surface area contributed by atoms with Crippen LogP contribution in [0.25, 0.3) is 121 Å². The van der Waals surface area contributed by atoms with E-state index in [0.29, 0.717) is 0 Å². The lowest BCUT2D eigenvalue weighted by Gasteiger charge is -2.16. The van der Waals surface area contributed by atoms with Crippen LogP contribution in [0, 0.1) is 0 Å². The van der Waals surface area contributed by atoms with Crippen molar-refractivity contribution in [3.63, 3.8) is 0 Å². The zero-order valence-electron chi connectivity index (χ0n) is 34.7. The topological polar surface area (TPSA) is 19.7 Å². The molecule has 4 aromatic heterocycles. The first-order chi connectivity index (χ1) is 31.8. The zero-order chi connectivity index (χ0) is 41.9. The molecule has 14 aromatic rings. The SMILES string of the molecule is c1ccc(-c2ccccc2-n2c3ccccc3c3c(-n4c5cccc6c5c5c4cccc5n6-c4cccc5c4c4ccccc4n5-c4ccccc4-c4ccccc4)cccc32)cc1. The zero-order valence-corrected chi connectivity index (χ0v) is 34.7. The summed E-state index contributed by atoms with van der Waals surface area (Å²) in [4.78, 5) is 0. The standard InChI is InChI=1S/C60H38N4/c1-3-19-39(20-4-1)41-23-7-11-27-45(41)61-47-29-13-9-25-43(47)57-49(61)31-15-33-51(57)63-53-35-17-37-55-59(53)60-54(63)36-18-38-56(60)64(55)52-34-16-32-50-58(52)44-26-10-14-30-48(44)62(50)46-28-12-8-24-42(46)40-21-5-2-6-22-40/h1-38H. The van der Waals surface area contributed by atoms with Crippen molar-refractivity contribution in [1.29, 1.82) is 0 Å². The van der Waals surface area contributed by atoms with Crippen molar-refractivity contribution in [3.05, 3.63) is 231 Å². The van der Waals surface area contributed by atoms with Crippen molar-refractivity contribution < 1.29 is 0 Å². The monoisotopic (exact) mass is 814 g/mol. The summed E-state index contributed by atoms with van der Waals surface area (Å²) in [6, 6.07) is 84.2. The Balaban J connectivity index is 1.03. The molecule has 0 saturated heterocycles. The summed E-state index contributed by atoms with van der Waals surface area (Å²) < 4.78 is 9.96. The van der Waals surface area contributed by atoms with Crippen LogP contribution in [0.2, 0.25) is 0 Å². The Morgan fingerprint density at radius 2 is 0.469 bits per heavy atom. The van der Waals surface area contributed by atoms with Gasteiger partial charge in [0.1, 0.15) is 0 Å². The van der Waals surface area contributed by atoms with Gasteiger partial charge in [0.05, 0.1) is 66.9 Å². The van der Waals surface area contributed by atoms with Crippen molar-refractivity contribution in [2.75, 3.05) is 0 Å². The van der Waals surface area contributed by atoms with Crippen molar-refractivity contribution in [1.82, 2.24) is 18.3 Å². The summed E-state index contributed by atoms with van der Waals surface area (Å²) in [5, 5.41) is 7.49. The molecule has 0 aliphatic heterocycles. The van der Waals surface area contributed by atoms with Gasteiger partial charge in [-0.05, 0) is 83.9 Å². The summed E-state index contributed by atoms with van der Waals surface area (Å²) in [6.07, 6.45) is 0. The summed E-state index contributed by atoms with van der Waals surface area (Å²) in [5.41, 5.74) is 19.0. The van der Waals surface area contributed by atoms with Gasteiger partial charge in [-0.1, -0.05) is 158 Å². The maximum Gasteiger partial charge on any atom is 0.0563 e. The highest BCUT2D eigenvalue weighted by Gasteiger charge is 2.27. The maximum absolute atomic E-state index is 2.52. The van der Waals surface area contributed by atoms with Crippen molar-refractivity contribution in [3.8, 4) is 45.0 Å². The molecule has 14 rings (SSSR count). The Labute approximate surface area is 368 Å². The van der Waals surface area contributed by atoms with Crippen LogP contribution in [0.1, 0.15) is 0 Å². The molecule has 4 nitrogen and oxygen atoms in total. The molecule has 4 heterocycles. The van der Waals surface area contributed by atoms with E-state index in [1.54, 1.807) is 0 Å². The van der Waals surface area contributed by atoms with E-state index in [2.05, 4.69) is 249 Å². The largest absolute Gasteiger partial charge is 0.309 e. The minimum Gasteiger partial charge on any atom is -0.309 e. The minimum absolute atomic E-state index is 1.17. The Morgan fingerprint density at radius 1 is 0.188 bits per heavy atom. The summed E-state index contributed by atoms with van der Waals surface area (Å²) >= 11 is 0. The van der Waals surface area contributed by atoms with E-state index in [1.165, 1.54) is 121 Å². The van der Waals surface area contributed by atoms with Gasteiger partial charge in [-0.25, -0.2) is 0 Å². The molecule has 298 valence electrons. The predicted molar refractivity (Wildman–Crippen MR) is 268 cm³/mol. The number of nitrogens with zero attached hydrogens (tertiary/aromatic N) is 4. The Hall–Kier alpha value is -8.60. The fourth-order valence-electron chi connectivity index (χ4n) is 11.0. The van der Waals surface area contributed by atoms with Crippen LogP contribution in [0.5, 0.6) is 0 Å². The molecule has 0 spiro atoms. The van der Waals surface area contributed by atoms with E-state index in [-0.39, 0.29) is 0 Å². The Morgan fingerprint density at radius 3 is 0.891 bits per heavy atom. The molecule has 0 saturated carbocycles. The van der Waals surface area contributed by atoms with Crippen LogP contribution in [0.15, 0.2) is 231 Å². The first kappa shape index (κ1) is 35.0. The summed E-state index contributed by atoms with van der Waals surface area (Å²) in [7, 11) is 0. The Kier molecular flexibility index (Phi) is 7.36. The third-order valence-corrected chi connectivity index (χ3v) is 13.5. The van der Waals surface area contributed by atoms with Gasteiger partial charge in [0.2, 0.25) is 0 Å². The van der Waals surface area contributed by atoms with Gasteiger partial charge in [-0.3, -0.25) is 0 Å². The van der Waals surface area contributed by atoms with Crippen LogP contribution in [-0.2, 0) is 0 Å². The van der Waals surface area contributed by atoms with E-state index >= 15 is 0 Å². The molecule has 0 fully saturated rings. The van der Waals surface area contributed by atoms with Gasteiger partial charge in [-0.15, -0.1) is 0 Å². The lowest BCUT2D eigenvalue weighted by Crippen LogP contribution is -2.00. The lowest BCUT2D eigenvalue weighted by atomic mass is 10.0. The number of benzene rings is 10. The van der Waals surface area contributed by atoms with Crippen LogP contribution in [-0.4, -0.2) is 18.3 Å². The average molecular weight is 815 g/mol. The molecule has 0 bridgehead atoms. The smallest absolute Gasteiger partial charge is 0.0563 e. The van der Waals surface area contributed by atoms with E-state index in [4.69, 9.17) is 0 Å². The van der Waals surface area contributed by atoms with Gasteiger partial charge in [0, 0.05) is 43.4 Å². The van der Waals surface area contributed by atoms with Crippen LogP contribution in [0.3, 0.4) is 0 Å². The van der Waals surface area contributed by atoms with Gasteiger partial charge in [0.25, 0.3) is 0 Å². The molecule has 0 N–H and O–H groups in total. The molecule has 0 amide bonds. The highest BCUT2D eigenvalue weighted by Crippen LogP contribution is 2.47. The summed E-state index contributed by atoms with van der Waals surface area (Å²) in [6.45, 7) is 0. The second-order valence-corrected chi connectivity index (χ2v) is 16.8. The second kappa shape index (κ2) is 13.4. The lowest BCUT2D eigenvalue weighted by molar-refractivity contribution is 1.16. The summed E-state index contributed by atoms with van der Waals surface area (Å²) in [5.74, 6) is 0. The normalized spacial score (nSPS) is 12.1. The molecular weight excluding hydrogens is 777 g/mol. The number of para-hydroxylation sites is 4. The van der Waals surface area contributed by atoms with Crippen molar-refractivity contribution in [2.24, 2.45) is 0 Å². The van der Waals surface area contributed by atoms with Gasteiger partial charge >= 0.3 is 0 Å². The molecule has 0 atom stereocenters. The number of aromatic nitrogens is 4. The van der Waals surface area contributed by atoms with Crippen molar-refractivity contribution >= 4 is 76.5 Å². The third kappa shape index (κ3) is 4.77. The van der Waals surface area contributed by atoms with E-state index in [9.17, 15) is 0 Å². The number of rotatable bonds is 6. The van der Waals surface area contributed by atoms with E-state index < -0.39 is 0 Å². The molecule has 10 aromatic carbocycles. The minimum atomic E-state index is 1.17. The fraction of sp³-hybridized carbons (Fsp3) is 0. The van der Waals surface area contributed by atoms with Gasteiger partial charge in [0.15, 0.2) is 0 Å². The number of fused-ring (bicyclic) bond motifs is 6. The average Bonchev–Trinajstić information content (AvgIpc) is 4.10. The predicted octanol–water partition coefficient (Wildman–Crippen LogP) is 15.7. The second-order valence-electron chi connectivity index (χ2n) is 16.8. The third-order valence-electron chi connectivity index (χ3n) is 13.5. The molecule has 4 heteroatoms. The van der Waals surface area contributed by atoms with Crippen LogP contribution >= 0.6 is 0 Å². The van der Waals surface area contributed by atoms with E-state index in [0.717, 1.165) is 0 Å². The van der Waals surface area contributed by atoms with E-state index in [1.807, 2.05) is 0 Å². The van der Waals surface area contributed by atoms with Crippen LogP contribution < -0.4 is 0 Å². The first-order valence-corrected chi connectivity index (χ1v) is 22.0. The molecule has 0 radical (unpaired) electrons. The maximum atomic E-state index is 2.52. The molecule has 0 unspecified atom stereocenters. The number of hydrogen-bond acceptors (Lipinski definition) is 0. The van der Waals surface area contributed by atoms with Crippen molar-refractivity contribution in [2.45, 2.75) is 0 Å². The highest BCUT2D eigenvalue weighted by molar-refractivity contribution is 6.27. The fourth-order valence-corrected chi connectivity index (χ4v) is 11.0. The molecule has 0 aliphatic carbocycles. The molecule has 0 aliphatic rings. The highest BCUT2D eigenvalue weighted by atomic mass is 15.1. The van der Waals surface area contributed by atoms with Gasteiger partial charge in [-0.2, -0.15) is 0 Å². The molecule has 64 heavy (non-hydrogen) atoms. The Bertz CT molecular complexity index is 3800. The van der Waals surface area contributed by atoms with Gasteiger partial charge < -0.3 is 18.3 Å².